The van der Waals surface area contributed by atoms with Crippen LogP contribution in [0.25, 0.3) is 0 Å². The molecule has 1 spiro atoms. The first-order valence-electron chi connectivity index (χ1n) is 19.4. The van der Waals surface area contributed by atoms with Crippen LogP contribution in [0.2, 0.25) is 18.6 Å². The van der Waals surface area contributed by atoms with E-state index in [0.717, 1.165) is 40.4 Å². The number of nitrogens with zero attached hydrogens (tertiary/aromatic N) is 5. The summed E-state index contributed by atoms with van der Waals surface area (Å²) in [6.07, 6.45) is 2.79. The minimum absolute atomic E-state index is 0.0321. The summed E-state index contributed by atoms with van der Waals surface area (Å²) in [4.78, 5) is 31.0. The summed E-state index contributed by atoms with van der Waals surface area (Å²) < 4.78 is 20.5. The number of fused-ring (bicyclic) bond motifs is 2. The third-order valence-corrected chi connectivity index (χ3v) is 16.8. The molecule has 290 valence electrons. The van der Waals surface area contributed by atoms with Gasteiger partial charge in [0.25, 0.3) is 5.91 Å². The number of aromatic nitrogens is 3. The number of methoxy groups -OCH3 is 2. The van der Waals surface area contributed by atoms with Crippen LogP contribution in [-0.4, -0.2) is 73.5 Å². The molecule has 12 heteroatoms. The van der Waals surface area contributed by atoms with Crippen LogP contribution < -0.4 is 24.5 Å². The van der Waals surface area contributed by atoms with Crippen LogP contribution in [0.4, 0.5) is 11.4 Å². The largest absolute Gasteiger partial charge is 0.497 e. The maximum atomic E-state index is 15.3. The average molecular weight is 772 g/mol. The molecule has 4 aromatic carbocycles. The molecule has 56 heavy (non-hydrogen) atoms. The summed E-state index contributed by atoms with van der Waals surface area (Å²) in [7, 11) is 0.930. The van der Waals surface area contributed by atoms with E-state index in [1.807, 2.05) is 101 Å². The van der Waals surface area contributed by atoms with Crippen molar-refractivity contribution >= 4 is 36.4 Å². The lowest BCUT2D eigenvalue weighted by Crippen LogP contribution is -2.51. The third kappa shape index (κ3) is 6.39. The molecule has 0 aliphatic carbocycles. The Morgan fingerprint density at radius 2 is 1.66 bits per heavy atom. The Bertz CT molecular complexity index is 2210. The zero-order valence-electron chi connectivity index (χ0n) is 32.6. The van der Waals surface area contributed by atoms with E-state index in [0.29, 0.717) is 37.4 Å². The van der Waals surface area contributed by atoms with Crippen molar-refractivity contribution < 1.29 is 28.9 Å². The first-order chi connectivity index (χ1) is 27.1. The molecule has 1 aromatic heterocycles. The summed E-state index contributed by atoms with van der Waals surface area (Å²) in [6.45, 7) is 8.45. The Labute approximate surface area is 328 Å². The maximum Gasteiger partial charge on any atom is 0.264 e. The summed E-state index contributed by atoms with van der Waals surface area (Å²) in [5.74, 6) is 1.03. The van der Waals surface area contributed by atoms with E-state index in [4.69, 9.17) is 14.2 Å². The average Bonchev–Trinajstić information content (AvgIpc) is 3.87. The number of aliphatic hydroxyl groups excluding tert-OH is 1. The molecule has 0 saturated carbocycles. The van der Waals surface area contributed by atoms with Gasteiger partial charge in [0, 0.05) is 42.9 Å². The zero-order valence-corrected chi connectivity index (χ0v) is 33.6. The number of benzene rings is 4. The second-order valence-electron chi connectivity index (χ2n) is 15.7. The standard InChI is InChI=1S/C44H49N5O6Si/c1-29-42(56(4,5)35-18-15-33(53-2)16-19-35)40(21-23-47-27-38(45-46-47)36(28-50)31-9-7-6-8-10-31)55-44(29)37-25-34(54-3)17-20-39(37)49(43(44)52)26-30-11-13-32(14-12-30)48-24-22-41(48)51/h6-20,25,27,29,36,40,42,50H,21-24,26,28H2,1-5H3/t29-,36?,40+,42-,44+/m0/s1. The fraction of sp³-hybridized carbons (Fsp3) is 0.364. The molecule has 2 fully saturated rings. The van der Waals surface area contributed by atoms with Crippen molar-refractivity contribution in [1.82, 2.24) is 15.0 Å². The highest BCUT2D eigenvalue weighted by Gasteiger charge is 2.66. The van der Waals surface area contributed by atoms with Crippen LogP contribution in [-0.2, 0) is 33.0 Å². The molecule has 3 aliphatic rings. The molecule has 1 unspecified atom stereocenters. The monoisotopic (exact) mass is 771 g/mol. The summed E-state index contributed by atoms with van der Waals surface area (Å²) in [5, 5.41) is 20.5. The van der Waals surface area contributed by atoms with E-state index < -0.39 is 13.7 Å². The normalized spacial score (nSPS) is 22.4. The SMILES string of the molecule is COc1ccc([Si](C)(C)[C@@H]2[C@@H](CCn3cc(C(CO)c4ccccc4)nn3)O[C@]3(C(=O)N(Cc4ccc(N5CCC5=O)cc4)c4ccc(OC)cc43)[C@H]2C)cc1. The number of aliphatic hydroxyl groups is 1. The lowest BCUT2D eigenvalue weighted by atomic mass is 9.82. The number of rotatable bonds is 13. The number of β-lactam (4-membered cyclic amide) rings is 1. The molecule has 4 heterocycles. The first kappa shape index (κ1) is 37.6. The van der Waals surface area contributed by atoms with Crippen molar-refractivity contribution in [2.24, 2.45) is 5.92 Å². The number of anilines is 2. The van der Waals surface area contributed by atoms with E-state index in [1.54, 1.807) is 19.1 Å². The first-order valence-corrected chi connectivity index (χ1v) is 22.4. The molecule has 11 nitrogen and oxygen atoms in total. The van der Waals surface area contributed by atoms with E-state index in [-0.39, 0.29) is 41.9 Å². The molecule has 2 amide bonds. The topological polar surface area (TPSA) is 119 Å². The number of aryl methyl sites for hydroxylation is 1. The predicted molar refractivity (Wildman–Crippen MR) is 217 cm³/mol. The van der Waals surface area contributed by atoms with Gasteiger partial charge in [-0.15, -0.1) is 5.10 Å². The van der Waals surface area contributed by atoms with Gasteiger partial charge in [0.1, 0.15) is 11.5 Å². The highest BCUT2D eigenvalue weighted by atomic mass is 28.3. The van der Waals surface area contributed by atoms with Crippen molar-refractivity contribution in [3.8, 4) is 11.5 Å². The Balaban J connectivity index is 1.14. The van der Waals surface area contributed by atoms with Crippen molar-refractivity contribution in [3.05, 3.63) is 126 Å². The van der Waals surface area contributed by atoms with Crippen molar-refractivity contribution in [2.75, 3.05) is 37.2 Å². The Morgan fingerprint density at radius 3 is 2.30 bits per heavy atom. The third-order valence-electron chi connectivity index (χ3n) is 12.4. The van der Waals surface area contributed by atoms with E-state index in [1.165, 1.54) is 5.19 Å². The number of ether oxygens (including phenoxy) is 3. The van der Waals surface area contributed by atoms with Crippen molar-refractivity contribution in [2.45, 2.75) is 69.1 Å². The number of hydrogen-bond donors (Lipinski definition) is 1. The van der Waals surface area contributed by atoms with Gasteiger partial charge >= 0.3 is 0 Å². The van der Waals surface area contributed by atoms with Crippen LogP contribution in [0.5, 0.6) is 11.5 Å². The minimum Gasteiger partial charge on any atom is -0.497 e. The van der Waals surface area contributed by atoms with E-state index in [9.17, 15) is 9.90 Å². The van der Waals surface area contributed by atoms with Crippen LogP contribution in [0.15, 0.2) is 103 Å². The molecule has 5 aromatic rings. The number of carbonyl (C=O) groups is 2. The predicted octanol–water partition coefficient (Wildman–Crippen LogP) is 6.01. The van der Waals surface area contributed by atoms with Gasteiger partial charge in [0.15, 0.2) is 5.60 Å². The van der Waals surface area contributed by atoms with Gasteiger partial charge < -0.3 is 29.1 Å². The Kier molecular flexibility index (Phi) is 10.1. The van der Waals surface area contributed by atoms with Gasteiger partial charge in [-0.3, -0.25) is 14.3 Å². The van der Waals surface area contributed by atoms with Crippen LogP contribution in [0.3, 0.4) is 0 Å². The van der Waals surface area contributed by atoms with Gasteiger partial charge in [-0.05, 0) is 65.6 Å². The van der Waals surface area contributed by atoms with E-state index in [2.05, 4.69) is 42.5 Å². The van der Waals surface area contributed by atoms with Crippen molar-refractivity contribution in [3.63, 3.8) is 0 Å². The second-order valence-corrected chi connectivity index (χ2v) is 20.4. The molecular weight excluding hydrogens is 723 g/mol. The maximum absolute atomic E-state index is 15.3. The smallest absolute Gasteiger partial charge is 0.264 e. The molecular formula is C44H49N5O6Si. The molecule has 3 aliphatic heterocycles. The van der Waals surface area contributed by atoms with Gasteiger partial charge in [-0.1, -0.05) is 85.0 Å². The Morgan fingerprint density at radius 1 is 0.946 bits per heavy atom. The zero-order chi connectivity index (χ0) is 39.2. The summed E-state index contributed by atoms with van der Waals surface area (Å²) in [5.41, 5.74) is 3.92. The molecule has 0 radical (unpaired) electrons. The number of amides is 2. The van der Waals surface area contributed by atoms with Gasteiger partial charge in [0.05, 0.1) is 58.8 Å². The molecule has 1 N–H and O–H groups in total. The number of carbonyl (C=O) groups excluding carboxylic acids is 2. The Hall–Kier alpha value is -5.30. The van der Waals surface area contributed by atoms with E-state index >= 15 is 4.79 Å². The van der Waals surface area contributed by atoms with Crippen LogP contribution in [0.1, 0.15) is 48.1 Å². The molecule has 0 bridgehead atoms. The van der Waals surface area contributed by atoms with Crippen LogP contribution >= 0.6 is 0 Å². The lowest BCUT2D eigenvalue weighted by molar-refractivity contribution is -0.146. The van der Waals surface area contributed by atoms with Crippen molar-refractivity contribution in [1.29, 1.82) is 0 Å². The molecule has 5 atom stereocenters. The van der Waals surface area contributed by atoms with Gasteiger partial charge in [0.2, 0.25) is 5.91 Å². The lowest BCUT2D eigenvalue weighted by Gasteiger charge is -2.37. The summed E-state index contributed by atoms with van der Waals surface area (Å²) >= 11 is 0. The highest BCUT2D eigenvalue weighted by molar-refractivity contribution is 6.91. The molecule has 8 rings (SSSR count). The van der Waals surface area contributed by atoms with Gasteiger partial charge in [-0.2, -0.15) is 0 Å². The summed E-state index contributed by atoms with van der Waals surface area (Å²) in [6, 6.07) is 32.0. The van der Waals surface area contributed by atoms with Gasteiger partial charge in [-0.25, -0.2) is 0 Å². The van der Waals surface area contributed by atoms with Crippen LogP contribution in [0, 0.1) is 5.92 Å². The number of hydrogen-bond acceptors (Lipinski definition) is 8. The minimum atomic E-state index is -2.39. The molecule has 2 saturated heterocycles. The fourth-order valence-corrected chi connectivity index (χ4v) is 13.4. The second kappa shape index (κ2) is 15.0. The highest BCUT2D eigenvalue weighted by Crippen LogP contribution is 2.60. The quantitative estimate of drug-likeness (QED) is 0.114. The fourth-order valence-electron chi connectivity index (χ4n) is 9.30.